The molecule has 618 valence electrons. The van der Waals surface area contributed by atoms with Gasteiger partial charge in [0, 0.05) is 59.3 Å². The SMILES string of the molecule is C.CC(=O)C(C#N)c1ccccc1.CC(=O)c1cc(C(C)C)n2nc(C)c(-c3ccccc3)c2n1.CCOC(=O)C(=O)CC(=O)C(C)C.Cc1[nH]nc(N)c1-c1ccccc1.Cc1nn2c(C(C)C)cc(C(=O)O)nc2c1-c1ccccc1.Cc1nn2c(C(C)C)cc(C(N)=O)nc2c1-c1ccccc1.N#CCc1ccccc1.N=N.O.[HH].[Li+].[OH-]. The van der Waals surface area contributed by atoms with Crippen molar-refractivity contribution in [1.29, 1.82) is 21.6 Å². The molecule has 1 unspecified atom stereocenters. The van der Waals surface area contributed by atoms with Gasteiger partial charge in [0.2, 0.25) is 5.78 Å². The fourth-order valence-electron chi connectivity index (χ4n) is 11.7. The van der Waals surface area contributed by atoms with Crippen LogP contribution in [0.1, 0.15) is 198 Å². The van der Waals surface area contributed by atoms with Crippen molar-refractivity contribution in [3.63, 3.8) is 0 Å². The summed E-state index contributed by atoms with van der Waals surface area (Å²) in [5, 5.41) is 46.9. The molecule has 0 aliphatic heterocycles. The molecule has 119 heavy (non-hydrogen) atoms. The van der Waals surface area contributed by atoms with E-state index in [0.29, 0.717) is 29.2 Å². The van der Waals surface area contributed by atoms with Crippen LogP contribution in [0.25, 0.3) is 61.4 Å². The van der Waals surface area contributed by atoms with Gasteiger partial charge in [-0.3, -0.25) is 29.1 Å². The number of hydrogen-bond acceptors (Lipinski definition) is 21. The third-order valence-electron chi connectivity index (χ3n) is 17.5. The number of ether oxygens (including phenoxy) is 1. The van der Waals surface area contributed by atoms with E-state index >= 15 is 0 Å². The van der Waals surface area contributed by atoms with Gasteiger partial charge >= 0.3 is 30.8 Å². The molecule has 29 heteroatoms. The molecule has 6 aromatic carbocycles. The van der Waals surface area contributed by atoms with Crippen LogP contribution in [0.2, 0.25) is 0 Å². The molecule has 0 aliphatic rings. The fourth-order valence-corrected chi connectivity index (χ4v) is 11.7. The van der Waals surface area contributed by atoms with E-state index < -0.39 is 29.5 Å². The molecule has 7 aromatic heterocycles. The van der Waals surface area contributed by atoms with Crippen molar-refractivity contribution in [2.75, 3.05) is 12.3 Å². The molecule has 28 nitrogen and oxygen atoms in total. The number of carboxylic acid groups (broad SMARTS) is 1. The molecular weight excluding hydrogens is 1500 g/mol. The van der Waals surface area contributed by atoms with Crippen LogP contribution in [0.3, 0.4) is 0 Å². The second-order valence-corrected chi connectivity index (χ2v) is 27.4. The normalized spacial score (nSPS) is 10.3. The first-order valence-corrected chi connectivity index (χ1v) is 37.0. The van der Waals surface area contributed by atoms with Gasteiger partial charge in [-0.25, -0.2) is 49.1 Å². The van der Waals surface area contributed by atoms with Crippen LogP contribution in [-0.4, -0.2) is 118 Å². The second-order valence-electron chi connectivity index (χ2n) is 27.4. The van der Waals surface area contributed by atoms with Gasteiger partial charge in [-0.1, -0.05) is 245 Å². The van der Waals surface area contributed by atoms with E-state index in [0.717, 1.165) is 101 Å². The number of amides is 1. The molecule has 0 fully saturated rings. The Labute approximate surface area is 706 Å². The minimum Gasteiger partial charge on any atom is -0.870 e. The number of benzene rings is 6. The van der Waals surface area contributed by atoms with Gasteiger partial charge in [0.05, 0.1) is 48.7 Å². The number of fused-ring (bicyclic) bond motifs is 3. The Kier molecular flexibility index (Phi) is 42.1. The smallest absolute Gasteiger partial charge is 0.870 e. The number of carbonyl (C=O) groups excluding carboxylic acids is 6. The molecule has 0 spiro atoms. The standard InChI is InChI=1S/C18H19N3O.C17H18N4O.C17H17N3O2.C10H11N3.C10H9NO.C9H14O4.C8H7N.CH4.Li.H2N2.2H2O.H2/c1-11(2)16-10-15(13(4)22)19-18-17(12(3)20-21(16)18)14-8-6-5-7-9-14;1-10(2)14-9-13(16(18)22)19-17-15(11(3)20-21(14)17)12-7-5-4-6-8-12;1-10(2)14-9-13(17(21)22)18-16-15(11(3)19-20(14)16)12-7-5-4-6-8-12;1-7-9(10(11)13-12-7)8-5-3-2-4-6-8;1-8(12)10(7-11)9-5-3-2-4-6-9;1-4-13-9(12)8(11)5-7(10)6(2)3;9-7-6-8-4-2-1-3-5-8;;;1-2;;;/h5-11H,1-4H3;4-10H,1-3H3,(H2,18,22);4-10H,1-3H3,(H,21,22);2-6H,1H3,(H3,11,12,13);2-6,10H,1H3;6H,4-5H2,1-3H3;1-5H,6H2;1H4;;1-2H;2*1H2;1H/q;;;;;;;;+1;;;;/p-1. The van der Waals surface area contributed by atoms with Gasteiger partial charge in [-0.15, -0.1) is 0 Å². The molecule has 0 radical (unpaired) electrons. The molecular formula is C90H106LiN17O11. The summed E-state index contributed by atoms with van der Waals surface area (Å²) >= 11 is 0. The number of nitrogens with two attached hydrogens (primary N) is 2. The van der Waals surface area contributed by atoms with Crippen LogP contribution in [0.4, 0.5) is 5.82 Å². The molecule has 13 aromatic rings. The number of ketones is 4. The number of nitriles is 2. The number of Topliss-reactive ketones (excluding diaryl/α,β-unsaturated/α-hetero) is 4. The van der Waals surface area contributed by atoms with Crippen LogP contribution in [-0.2, 0) is 30.3 Å². The number of hydrogen-bond donors (Lipinski definition) is 6. The molecule has 0 aliphatic carbocycles. The van der Waals surface area contributed by atoms with E-state index in [9.17, 15) is 38.7 Å². The predicted octanol–water partition coefficient (Wildman–Crippen LogP) is 14.3. The number of primary amides is 1. The second kappa shape index (κ2) is 49.3. The molecule has 1 amide bonds. The van der Waals surface area contributed by atoms with E-state index in [2.05, 4.69) is 78.9 Å². The maximum atomic E-state index is 11.8. The summed E-state index contributed by atoms with van der Waals surface area (Å²) in [5.74, 6) is -3.27. The number of nitrogens with one attached hydrogen (secondary N) is 3. The van der Waals surface area contributed by atoms with Crippen molar-refractivity contribution in [1.82, 2.24) is 54.0 Å². The number of nitrogen functional groups attached to an aromatic ring is 1. The summed E-state index contributed by atoms with van der Waals surface area (Å²) in [7, 11) is 0. The summed E-state index contributed by atoms with van der Waals surface area (Å²) in [4.78, 5) is 91.9. The average Bonchev–Trinajstić information content (AvgIpc) is 1.62. The fraction of sp³-hybridized carbons (Fsp3) is 0.267. The minimum absolute atomic E-state index is 0. The molecule has 7 heterocycles. The quantitative estimate of drug-likeness (QED) is 0.0116. The van der Waals surface area contributed by atoms with Crippen LogP contribution in [0.15, 0.2) is 200 Å². The minimum atomic E-state index is -1.03. The average molecular weight is 1610 g/mol. The number of aromatic nitrogens is 11. The molecule has 1 atom stereocenters. The van der Waals surface area contributed by atoms with Crippen LogP contribution in [0.5, 0.6) is 0 Å². The number of H-pyrrole nitrogens is 1. The third-order valence-corrected chi connectivity index (χ3v) is 17.5. The molecule has 0 saturated heterocycles. The number of nitrogens with zero attached hydrogens (tertiary/aromatic N) is 12. The van der Waals surface area contributed by atoms with Crippen molar-refractivity contribution in [3.05, 3.63) is 268 Å². The Balaban J connectivity index is 0.000000707. The predicted molar refractivity (Wildman–Crippen MR) is 458 cm³/mol. The molecule has 13 rings (SSSR count). The molecule has 0 saturated carbocycles. The number of aromatic carboxylic acids is 1. The number of aryl methyl sites for hydroxylation is 4. The van der Waals surface area contributed by atoms with Gasteiger partial charge in [0.15, 0.2) is 40.0 Å². The van der Waals surface area contributed by atoms with E-state index in [4.69, 9.17) is 33.1 Å². The summed E-state index contributed by atoms with van der Waals surface area (Å²) in [6.07, 6.45) is 0.164. The zero-order chi connectivity index (χ0) is 84.8. The Hall–Kier alpha value is -13.6. The summed E-state index contributed by atoms with van der Waals surface area (Å²) < 4.78 is 9.89. The van der Waals surface area contributed by atoms with Gasteiger partial charge < -0.3 is 32.3 Å². The first-order chi connectivity index (χ1) is 54.9. The van der Waals surface area contributed by atoms with Crippen LogP contribution >= 0.6 is 0 Å². The van der Waals surface area contributed by atoms with Crippen molar-refractivity contribution in [2.45, 2.75) is 148 Å². The van der Waals surface area contributed by atoms with Gasteiger partial charge in [0.1, 0.15) is 23.1 Å². The molecule has 0 bridgehead atoms. The maximum absolute atomic E-state index is 11.8. The number of carboxylic acids is 1. The van der Waals surface area contributed by atoms with E-state index in [1.54, 1.807) is 56.5 Å². The van der Waals surface area contributed by atoms with Crippen molar-refractivity contribution in [2.24, 2.45) is 11.7 Å². The number of anilines is 1. The monoisotopic (exact) mass is 1610 g/mol. The zero-order valence-electron chi connectivity index (χ0n) is 69.2. The first-order valence-electron chi connectivity index (χ1n) is 37.0. The largest absolute Gasteiger partial charge is 1.00 e. The van der Waals surface area contributed by atoms with E-state index in [1.807, 2.05) is 233 Å². The van der Waals surface area contributed by atoms with Gasteiger partial charge in [0.25, 0.3) is 5.91 Å². The summed E-state index contributed by atoms with van der Waals surface area (Å²) in [6.45, 7) is 28.2. The number of rotatable bonds is 18. The number of aromatic amines is 1. The van der Waals surface area contributed by atoms with Gasteiger partial charge in [-0.2, -0.15) is 30.9 Å². The molecule has 11 N–H and O–H groups in total. The third kappa shape index (κ3) is 27.5. The van der Waals surface area contributed by atoms with E-state index in [-0.39, 0.29) is 104 Å². The Morgan fingerprint density at radius 3 is 1.18 bits per heavy atom. The zero-order valence-corrected chi connectivity index (χ0v) is 69.2. The van der Waals surface area contributed by atoms with Crippen molar-refractivity contribution in [3.8, 4) is 56.6 Å². The Morgan fingerprint density at radius 1 is 0.546 bits per heavy atom. The van der Waals surface area contributed by atoms with Gasteiger partial charge in [-0.05, 0) is 111 Å². The van der Waals surface area contributed by atoms with Crippen LogP contribution < -0.4 is 30.3 Å². The Bertz CT molecular complexity index is 5210. The summed E-state index contributed by atoms with van der Waals surface area (Å²) in [6, 6.07) is 67.8. The topological polar surface area (TPSA) is 477 Å². The maximum Gasteiger partial charge on any atom is 1.00 e. The van der Waals surface area contributed by atoms with Crippen molar-refractivity contribution < 1.29 is 74.6 Å². The number of esters is 1. The van der Waals surface area contributed by atoms with Crippen LogP contribution in [0, 0.1) is 67.3 Å². The van der Waals surface area contributed by atoms with Crippen molar-refractivity contribution >= 4 is 63.7 Å². The Morgan fingerprint density at radius 2 is 0.882 bits per heavy atom. The van der Waals surface area contributed by atoms with E-state index in [1.165, 1.54) is 6.92 Å². The number of carbonyl (C=O) groups is 7. The first kappa shape index (κ1) is 101. The summed E-state index contributed by atoms with van der Waals surface area (Å²) in [5.41, 5.74) is 40.2.